The lowest BCUT2D eigenvalue weighted by Crippen LogP contribution is -2.46. The molecule has 0 spiro atoms. The molecule has 2 atom stereocenters. The fourth-order valence-corrected chi connectivity index (χ4v) is 7.68. The molecule has 0 amide bonds. The van der Waals surface area contributed by atoms with Crippen LogP contribution >= 0.6 is 0 Å². The van der Waals surface area contributed by atoms with Crippen LogP contribution in [0.5, 0.6) is 0 Å². The second-order valence-electron chi connectivity index (χ2n) is 6.01. The SMILES string of the molecule is COC(CN[C@H]1CS(=O)(=O)C[C@@H]1S(=O)(=O)c1cc(C)ccc1F)OC. The minimum atomic E-state index is -4.17. The number of sulfone groups is 2. The van der Waals surface area contributed by atoms with Crippen molar-refractivity contribution in [2.24, 2.45) is 0 Å². The summed E-state index contributed by atoms with van der Waals surface area (Å²) in [6.45, 7) is 1.75. The molecule has 1 fully saturated rings. The van der Waals surface area contributed by atoms with Crippen LogP contribution in [-0.4, -0.2) is 66.7 Å². The molecule has 1 aliphatic heterocycles. The van der Waals surface area contributed by atoms with Crippen LogP contribution in [0.2, 0.25) is 0 Å². The number of hydrogen-bond acceptors (Lipinski definition) is 7. The van der Waals surface area contributed by atoms with Gasteiger partial charge in [0, 0.05) is 26.8 Å². The zero-order valence-electron chi connectivity index (χ0n) is 14.2. The normalized spacial score (nSPS) is 23.2. The van der Waals surface area contributed by atoms with Gasteiger partial charge in [0.15, 0.2) is 26.0 Å². The molecular weight excluding hydrogens is 373 g/mol. The lowest BCUT2D eigenvalue weighted by atomic mass is 10.2. The summed E-state index contributed by atoms with van der Waals surface area (Å²) in [4.78, 5) is -0.476. The molecule has 0 aromatic heterocycles. The van der Waals surface area contributed by atoms with Crippen LogP contribution < -0.4 is 5.32 Å². The zero-order chi connectivity index (χ0) is 18.8. The highest BCUT2D eigenvalue weighted by molar-refractivity contribution is 7.96. The zero-order valence-corrected chi connectivity index (χ0v) is 15.9. The number of aryl methyl sites for hydroxylation is 1. The van der Waals surface area contributed by atoms with E-state index in [9.17, 15) is 21.2 Å². The van der Waals surface area contributed by atoms with Gasteiger partial charge in [0.2, 0.25) is 0 Å². The Morgan fingerprint density at radius 2 is 1.92 bits per heavy atom. The maximum Gasteiger partial charge on any atom is 0.186 e. The van der Waals surface area contributed by atoms with Crippen molar-refractivity contribution in [2.45, 2.75) is 29.4 Å². The summed E-state index contributed by atoms with van der Waals surface area (Å²) >= 11 is 0. The van der Waals surface area contributed by atoms with Gasteiger partial charge in [0.25, 0.3) is 0 Å². The molecule has 1 aromatic carbocycles. The molecule has 0 bridgehead atoms. The van der Waals surface area contributed by atoms with E-state index in [1.54, 1.807) is 6.92 Å². The maximum absolute atomic E-state index is 14.1. The Morgan fingerprint density at radius 1 is 1.28 bits per heavy atom. The van der Waals surface area contributed by atoms with E-state index in [2.05, 4.69) is 5.32 Å². The first-order valence-corrected chi connectivity index (χ1v) is 11.0. The van der Waals surface area contributed by atoms with Gasteiger partial charge in [-0.15, -0.1) is 0 Å². The summed E-state index contributed by atoms with van der Waals surface area (Å²) in [5, 5.41) is 1.59. The van der Waals surface area contributed by atoms with E-state index in [0.717, 1.165) is 6.07 Å². The fourth-order valence-electron chi connectivity index (χ4n) is 2.81. The number of halogens is 1. The molecule has 25 heavy (non-hydrogen) atoms. The quantitative estimate of drug-likeness (QED) is 0.662. The van der Waals surface area contributed by atoms with Gasteiger partial charge < -0.3 is 14.8 Å². The average molecular weight is 395 g/mol. The Morgan fingerprint density at radius 3 is 2.52 bits per heavy atom. The van der Waals surface area contributed by atoms with E-state index < -0.39 is 53.7 Å². The Bertz CT molecular complexity index is 820. The van der Waals surface area contributed by atoms with Crippen molar-refractivity contribution in [2.75, 3.05) is 32.3 Å². The first kappa shape index (κ1) is 20.2. The van der Waals surface area contributed by atoms with Gasteiger partial charge in [0.05, 0.1) is 16.8 Å². The summed E-state index contributed by atoms with van der Waals surface area (Å²) < 4.78 is 73.9. The van der Waals surface area contributed by atoms with Crippen LogP contribution in [0, 0.1) is 12.7 Å². The van der Waals surface area contributed by atoms with E-state index in [-0.39, 0.29) is 12.3 Å². The monoisotopic (exact) mass is 395 g/mol. The molecule has 1 N–H and O–H groups in total. The third-order valence-electron chi connectivity index (χ3n) is 4.16. The van der Waals surface area contributed by atoms with Crippen molar-refractivity contribution in [3.05, 3.63) is 29.6 Å². The molecule has 1 heterocycles. The predicted molar refractivity (Wildman–Crippen MR) is 90.4 cm³/mol. The summed E-state index contributed by atoms with van der Waals surface area (Å²) in [6.07, 6.45) is -0.651. The molecule has 0 aliphatic carbocycles. The highest BCUT2D eigenvalue weighted by Gasteiger charge is 2.46. The standard InChI is InChI=1S/C15H22FNO6S2/c1-10-4-5-11(16)13(6-10)25(20,21)14-9-24(18,19)8-12(14)17-7-15(22-2)23-3/h4-6,12,14-15,17H,7-9H2,1-3H3/t12-,14-/m0/s1. The van der Waals surface area contributed by atoms with Gasteiger partial charge in [-0.25, -0.2) is 21.2 Å². The van der Waals surface area contributed by atoms with Gasteiger partial charge in [-0.05, 0) is 24.6 Å². The second-order valence-corrected chi connectivity index (χ2v) is 10.3. The highest BCUT2D eigenvalue weighted by atomic mass is 32.2. The summed E-state index contributed by atoms with van der Waals surface area (Å²) in [6, 6.07) is 2.87. The Labute approximate surface area is 147 Å². The predicted octanol–water partition coefficient (Wildman–Crippen LogP) is 0.282. The van der Waals surface area contributed by atoms with Crippen LogP contribution in [0.15, 0.2) is 23.1 Å². The van der Waals surface area contributed by atoms with Crippen LogP contribution in [0.3, 0.4) is 0 Å². The van der Waals surface area contributed by atoms with Gasteiger partial charge in [-0.2, -0.15) is 0 Å². The average Bonchev–Trinajstić information content (AvgIpc) is 2.86. The Balaban J connectivity index is 2.34. The largest absolute Gasteiger partial charge is 0.355 e. The molecule has 1 aromatic rings. The van der Waals surface area contributed by atoms with Crippen molar-refractivity contribution in [1.29, 1.82) is 0 Å². The highest BCUT2D eigenvalue weighted by Crippen LogP contribution is 2.28. The number of rotatable bonds is 7. The topological polar surface area (TPSA) is 98.8 Å². The number of ether oxygens (including phenoxy) is 2. The smallest absolute Gasteiger partial charge is 0.186 e. The molecule has 1 saturated heterocycles. The van der Waals surface area contributed by atoms with Crippen LogP contribution in [-0.2, 0) is 29.1 Å². The van der Waals surface area contributed by atoms with Crippen molar-refractivity contribution in [1.82, 2.24) is 5.32 Å². The number of nitrogens with one attached hydrogen (secondary N) is 1. The van der Waals surface area contributed by atoms with Gasteiger partial charge >= 0.3 is 0 Å². The van der Waals surface area contributed by atoms with E-state index in [1.165, 1.54) is 26.4 Å². The van der Waals surface area contributed by atoms with E-state index in [0.29, 0.717) is 5.56 Å². The van der Waals surface area contributed by atoms with Gasteiger partial charge in [-0.3, -0.25) is 0 Å². The lowest BCUT2D eigenvalue weighted by Gasteiger charge is -2.22. The maximum atomic E-state index is 14.1. The molecule has 0 unspecified atom stereocenters. The summed E-state index contributed by atoms with van der Waals surface area (Å²) in [5.41, 5.74) is 0.573. The molecule has 0 radical (unpaired) electrons. The molecule has 1 aliphatic rings. The molecule has 7 nitrogen and oxygen atoms in total. The molecule has 2 rings (SSSR count). The van der Waals surface area contributed by atoms with Gasteiger partial charge in [0.1, 0.15) is 10.7 Å². The number of hydrogen-bond donors (Lipinski definition) is 1. The second kappa shape index (κ2) is 7.67. The third-order valence-corrected chi connectivity index (χ3v) is 8.33. The number of methoxy groups -OCH3 is 2. The van der Waals surface area contributed by atoms with Crippen molar-refractivity contribution >= 4 is 19.7 Å². The van der Waals surface area contributed by atoms with Crippen molar-refractivity contribution < 1.29 is 30.7 Å². The van der Waals surface area contributed by atoms with Gasteiger partial charge in [-0.1, -0.05) is 6.07 Å². The molecule has 142 valence electrons. The molecule has 0 saturated carbocycles. The van der Waals surface area contributed by atoms with Crippen LogP contribution in [0.4, 0.5) is 4.39 Å². The Kier molecular flexibility index (Phi) is 6.21. The van der Waals surface area contributed by atoms with E-state index >= 15 is 0 Å². The first-order valence-electron chi connectivity index (χ1n) is 7.60. The molecular formula is C15H22FNO6S2. The third kappa shape index (κ3) is 4.56. The minimum Gasteiger partial charge on any atom is -0.355 e. The molecule has 10 heteroatoms. The fraction of sp³-hybridized carbons (Fsp3) is 0.600. The minimum absolute atomic E-state index is 0.107. The van der Waals surface area contributed by atoms with E-state index in [1.807, 2.05) is 0 Å². The van der Waals surface area contributed by atoms with Crippen LogP contribution in [0.1, 0.15) is 5.56 Å². The lowest BCUT2D eigenvalue weighted by molar-refractivity contribution is -0.0995. The van der Waals surface area contributed by atoms with E-state index in [4.69, 9.17) is 9.47 Å². The van der Waals surface area contributed by atoms with Crippen LogP contribution in [0.25, 0.3) is 0 Å². The van der Waals surface area contributed by atoms with Crippen molar-refractivity contribution in [3.63, 3.8) is 0 Å². The first-order chi connectivity index (χ1) is 11.6. The number of benzene rings is 1. The van der Waals surface area contributed by atoms with Crippen molar-refractivity contribution in [3.8, 4) is 0 Å². The Hall–Kier alpha value is -1.07. The summed E-state index contributed by atoms with van der Waals surface area (Å²) in [7, 11) is -4.91. The summed E-state index contributed by atoms with van der Waals surface area (Å²) in [5.74, 6) is -1.78.